The molecular weight excluding hydrogens is 408 g/mol. The molecule has 3 heteroatoms. The molecule has 3 nitrogen and oxygen atoms in total. The van der Waals surface area contributed by atoms with Gasteiger partial charge in [0, 0.05) is 0 Å². The monoisotopic (exact) mass is 450 g/mol. The van der Waals surface area contributed by atoms with E-state index >= 15 is 0 Å². The fourth-order valence-corrected chi connectivity index (χ4v) is 7.20. The third-order valence-corrected chi connectivity index (χ3v) is 8.78. The van der Waals surface area contributed by atoms with Crippen LogP contribution in [0.3, 0.4) is 0 Å². The molecule has 0 aromatic heterocycles. The maximum Gasteiger partial charge on any atom is 0.119 e. The third kappa shape index (κ3) is 4.59. The zero-order valence-electron chi connectivity index (χ0n) is 21.3. The Balaban J connectivity index is 1.69. The van der Waals surface area contributed by atoms with Crippen LogP contribution >= 0.6 is 0 Å². The standard InChI is InChI=1S/C30H42O3/c1-20(31)18-21(2)33-28(23-10-8-7-9-11-23)25-16-17-30(5)26-19-24(32-6)14-12-22(26)13-15-27(30)29(25,3)4/h7-12,14,19-21,25,27-28,31H,13,15-18H2,1-6H3/t20-,21-,25+,27-,28-,30+/m0/s1. The Bertz CT molecular complexity index is 935. The fraction of sp³-hybridized carbons (Fsp3) is 0.600. The van der Waals surface area contributed by atoms with Crippen LogP contribution < -0.4 is 4.74 Å². The fourth-order valence-electron chi connectivity index (χ4n) is 7.20. The molecule has 0 spiro atoms. The Labute approximate surface area is 200 Å². The highest BCUT2D eigenvalue weighted by atomic mass is 16.5. The minimum atomic E-state index is -0.357. The maximum atomic E-state index is 9.95. The molecule has 0 radical (unpaired) electrons. The van der Waals surface area contributed by atoms with Crippen LogP contribution in [-0.4, -0.2) is 24.4 Å². The molecule has 2 aliphatic carbocycles. The normalized spacial score (nSPS) is 28.8. The van der Waals surface area contributed by atoms with Crippen LogP contribution in [0.5, 0.6) is 5.75 Å². The summed E-state index contributed by atoms with van der Waals surface area (Å²) in [7, 11) is 1.77. The van der Waals surface area contributed by atoms with Gasteiger partial charge in [0.15, 0.2) is 0 Å². The summed E-state index contributed by atoms with van der Waals surface area (Å²) in [5.74, 6) is 1.96. The molecule has 180 valence electrons. The minimum absolute atomic E-state index is 0.00987. The van der Waals surface area contributed by atoms with Gasteiger partial charge >= 0.3 is 0 Å². The first-order valence-electron chi connectivity index (χ1n) is 12.7. The summed E-state index contributed by atoms with van der Waals surface area (Å²) in [5, 5.41) is 9.95. The maximum absolute atomic E-state index is 9.95. The highest BCUT2D eigenvalue weighted by molar-refractivity contribution is 5.44. The summed E-state index contributed by atoms with van der Waals surface area (Å²) in [5.41, 5.74) is 4.50. The summed E-state index contributed by atoms with van der Waals surface area (Å²) < 4.78 is 12.4. The zero-order valence-corrected chi connectivity index (χ0v) is 21.3. The number of aryl methyl sites for hydroxylation is 1. The number of aliphatic hydroxyl groups is 1. The number of rotatable bonds is 7. The van der Waals surface area contributed by atoms with E-state index in [4.69, 9.17) is 9.47 Å². The van der Waals surface area contributed by atoms with Gasteiger partial charge in [-0.25, -0.2) is 0 Å². The Morgan fingerprint density at radius 1 is 1.03 bits per heavy atom. The molecule has 1 N–H and O–H groups in total. The van der Waals surface area contributed by atoms with Crippen LogP contribution in [0, 0.1) is 17.3 Å². The Kier molecular flexibility index (Phi) is 6.94. The summed E-state index contributed by atoms with van der Waals surface area (Å²) in [6.07, 6.45) is 4.96. The number of hydrogen-bond donors (Lipinski definition) is 1. The van der Waals surface area contributed by atoms with Crippen LogP contribution in [0.2, 0.25) is 0 Å². The van der Waals surface area contributed by atoms with Crippen molar-refractivity contribution in [1.82, 2.24) is 0 Å². The molecule has 2 aliphatic rings. The second-order valence-electron chi connectivity index (χ2n) is 11.4. The van der Waals surface area contributed by atoms with Gasteiger partial charge in [0.05, 0.1) is 25.4 Å². The number of fused-ring (bicyclic) bond motifs is 3. The summed E-state index contributed by atoms with van der Waals surface area (Å²) in [6.45, 7) is 11.4. The van der Waals surface area contributed by atoms with Crippen LogP contribution in [0.4, 0.5) is 0 Å². The van der Waals surface area contributed by atoms with Gasteiger partial charge in [0.2, 0.25) is 0 Å². The average molecular weight is 451 g/mol. The molecule has 4 rings (SSSR count). The first kappa shape index (κ1) is 24.3. The topological polar surface area (TPSA) is 38.7 Å². The molecule has 1 fully saturated rings. The quantitative estimate of drug-likeness (QED) is 0.500. The molecule has 0 unspecified atom stereocenters. The molecular formula is C30H42O3. The van der Waals surface area contributed by atoms with Gasteiger partial charge in [-0.15, -0.1) is 0 Å². The van der Waals surface area contributed by atoms with Crippen molar-refractivity contribution in [2.24, 2.45) is 17.3 Å². The van der Waals surface area contributed by atoms with Gasteiger partial charge in [-0.3, -0.25) is 0 Å². The predicted molar refractivity (Wildman–Crippen MR) is 135 cm³/mol. The average Bonchev–Trinajstić information content (AvgIpc) is 2.77. The van der Waals surface area contributed by atoms with Crippen molar-refractivity contribution in [3.05, 3.63) is 65.2 Å². The van der Waals surface area contributed by atoms with Crippen molar-refractivity contribution in [3.8, 4) is 5.75 Å². The molecule has 1 saturated carbocycles. The Morgan fingerprint density at radius 3 is 2.42 bits per heavy atom. The smallest absolute Gasteiger partial charge is 0.119 e. The van der Waals surface area contributed by atoms with E-state index < -0.39 is 0 Å². The first-order valence-corrected chi connectivity index (χ1v) is 12.7. The summed E-state index contributed by atoms with van der Waals surface area (Å²) >= 11 is 0. The molecule has 33 heavy (non-hydrogen) atoms. The molecule has 6 atom stereocenters. The first-order chi connectivity index (χ1) is 15.7. The van der Waals surface area contributed by atoms with Crippen LogP contribution in [0.1, 0.15) is 83.1 Å². The lowest BCUT2D eigenvalue weighted by atomic mass is 9.46. The lowest BCUT2D eigenvalue weighted by molar-refractivity contribution is -0.123. The number of benzene rings is 2. The summed E-state index contributed by atoms with van der Waals surface area (Å²) in [4.78, 5) is 0. The van der Waals surface area contributed by atoms with E-state index in [9.17, 15) is 5.11 Å². The van der Waals surface area contributed by atoms with Gasteiger partial charge in [-0.2, -0.15) is 0 Å². The number of hydrogen-bond acceptors (Lipinski definition) is 3. The van der Waals surface area contributed by atoms with E-state index in [0.29, 0.717) is 18.3 Å². The van der Waals surface area contributed by atoms with Gasteiger partial charge < -0.3 is 14.6 Å². The highest BCUT2D eigenvalue weighted by Crippen LogP contribution is 2.62. The predicted octanol–water partition coefficient (Wildman–Crippen LogP) is 6.87. The second kappa shape index (κ2) is 9.43. The van der Waals surface area contributed by atoms with Crippen LogP contribution in [0.25, 0.3) is 0 Å². The SMILES string of the molecule is COc1ccc2c(c1)[C@@]1(C)CC[C@H]([C@@H](O[C@@H](C)C[C@H](C)O)c3ccccc3)C(C)(C)[C@@H]1CC2. The van der Waals surface area contributed by atoms with Crippen LogP contribution in [0.15, 0.2) is 48.5 Å². The van der Waals surface area contributed by atoms with Crippen LogP contribution in [-0.2, 0) is 16.6 Å². The van der Waals surface area contributed by atoms with E-state index in [1.165, 1.54) is 23.1 Å². The minimum Gasteiger partial charge on any atom is -0.497 e. The van der Waals surface area contributed by atoms with Crippen molar-refractivity contribution in [2.75, 3.05) is 7.11 Å². The second-order valence-corrected chi connectivity index (χ2v) is 11.4. The Hall–Kier alpha value is -1.84. The molecule has 0 bridgehead atoms. The Morgan fingerprint density at radius 2 is 1.76 bits per heavy atom. The van der Waals surface area contributed by atoms with Gasteiger partial charge in [-0.05, 0) is 97.4 Å². The molecule has 0 heterocycles. The van der Waals surface area contributed by atoms with E-state index in [-0.39, 0.29) is 29.1 Å². The largest absolute Gasteiger partial charge is 0.497 e. The van der Waals surface area contributed by atoms with Crippen molar-refractivity contribution >= 4 is 0 Å². The van der Waals surface area contributed by atoms with E-state index in [1.807, 2.05) is 6.92 Å². The molecule has 0 amide bonds. The van der Waals surface area contributed by atoms with Crippen molar-refractivity contribution < 1.29 is 14.6 Å². The van der Waals surface area contributed by atoms with E-state index in [2.05, 4.69) is 76.2 Å². The highest BCUT2D eigenvalue weighted by Gasteiger charge is 2.55. The van der Waals surface area contributed by atoms with Crippen molar-refractivity contribution in [3.63, 3.8) is 0 Å². The van der Waals surface area contributed by atoms with Gasteiger partial charge in [0.1, 0.15) is 5.75 Å². The molecule has 2 aromatic rings. The third-order valence-electron chi connectivity index (χ3n) is 8.78. The molecule has 0 saturated heterocycles. The van der Waals surface area contributed by atoms with Crippen molar-refractivity contribution in [1.29, 1.82) is 0 Å². The molecule has 0 aliphatic heterocycles. The van der Waals surface area contributed by atoms with E-state index in [0.717, 1.165) is 25.0 Å². The summed E-state index contributed by atoms with van der Waals surface area (Å²) in [6, 6.07) is 17.4. The lowest BCUT2D eigenvalue weighted by Gasteiger charge is -2.59. The van der Waals surface area contributed by atoms with Gasteiger partial charge in [0.25, 0.3) is 0 Å². The van der Waals surface area contributed by atoms with E-state index in [1.54, 1.807) is 7.11 Å². The zero-order chi connectivity index (χ0) is 23.8. The van der Waals surface area contributed by atoms with Crippen molar-refractivity contribution in [2.45, 2.75) is 90.4 Å². The number of aliphatic hydroxyl groups excluding tert-OH is 1. The van der Waals surface area contributed by atoms with Gasteiger partial charge in [-0.1, -0.05) is 57.2 Å². The number of ether oxygens (including phenoxy) is 2. The number of methoxy groups -OCH3 is 1. The molecule has 2 aromatic carbocycles. The lowest BCUT2D eigenvalue weighted by Crippen LogP contribution is -2.53.